The van der Waals surface area contributed by atoms with Gasteiger partial charge >= 0.3 is 0 Å². The van der Waals surface area contributed by atoms with E-state index in [1.165, 1.54) is 6.07 Å². The Kier molecular flexibility index (Phi) is 4.95. The Morgan fingerprint density at radius 3 is 2.85 bits per heavy atom. The van der Waals surface area contributed by atoms with Crippen LogP contribution < -0.4 is 5.32 Å². The molecule has 0 aromatic heterocycles. The molecule has 1 aliphatic rings. The first-order valence-electron chi connectivity index (χ1n) is 6.85. The van der Waals surface area contributed by atoms with E-state index in [1.54, 1.807) is 12.1 Å². The SMILES string of the molecule is CC1CCCC(O)(CNC(=O)c2ccc(Cl)c(Cl)c2)C1. The summed E-state index contributed by atoms with van der Waals surface area (Å²) in [5, 5.41) is 14.0. The van der Waals surface area contributed by atoms with Crippen molar-refractivity contribution in [2.45, 2.75) is 38.2 Å². The number of amides is 1. The van der Waals surface area contributed by atoms with Gasteiger partial charge in [-0.15, -0.1) is 0 Å². The van der Waals surface area contributed by atoms with Gasteiger partial charge in [0.1, 0.15) is 0 Å². The van der Waals surface area contributed by atoms with Gasteiger partial charge in [-0.25, -0.2) is 0 Å². The summed E-state index contributed by atoms with van der Waals surface area (Å²) in [6.45, 7) is 2.40. The van der Waals surface area contributed by atoms with Gasteiger partial charge < -0.3 is 10.4 Å². The van der Waals surface area contributed by atoms with Gasteiger partial charge in [-0.2, -0.15) is 0 Å². The predicted octanol–water partition coefficient (Wildman–Crippen LogP) is 3.66. The molecule has 0 aliphatic heterocycles. The summed E-state index contributed by atoms with van der Waals surface area (Å²) >= 11 is 11.7. The summed E-state index contributed by atoms with van der Waals surface area (Å²) < 4.78 is 0. The average Bonchev–Trinajstić information content (AvgIpc) is 2.39. The Labute approximate surface area is 129 Å². The van der Waals surface area contributed by atoms with Crippen LogP contribution in [0.15, 0.2) is 18.2 Å². The van der Waals surface area contributed by atoms with Crippen LogP contribution >= 0.6 is 23.2 Å². The molecule has 0 heterocycles. The van der Waals surface area contributed by atoms with Crippen molar-refractivity contribution >= 4 is 29.1 Å². The molecule has 2 N–H and O–H groups in total. The first-order valence-corrected chi connectivity index (χ1v) is 7.61. The minimum atomic E-state index is -0.788. The maximum atomic E-state index is 12.1. The molecule has 110 valence electrons. The first kappa shape index (κ1) is 15.6. The van der Waals surface area contributed by atoms with Crippen LogP contribution in [-0.2, 0) is 0 Å². The number of rotatable bonds is 3. The highest BCUT2D eigenvalue weighted by atomic mass is 35.5. The average molecular weight is 316 g/mol. The molecule has 2 unspecified atom stereocenters. The Balaban J connectivity index is 1.96. The van der Waals surface area contributed by atoms with Crippen molar-refractivity contribution in [1.82, 2.24) is 5.32 Å². The summed E-state index contributed by atoms with van der Waals surface area (Å²) in [6.07, 6.45) is 3.61. The Morgan fingerprint density at radius 1 is 1.45 bits per heavy atom. The van der Waals surface area contributed by atoms with Crippen LogP contribution in [0.4, 0.5) is 0 Å². The van der Waals surface area contributed by atoms with Gasteiger partial charge in [0, 0.05) is 12.1 Å². The molecule has 20 heavy (non-hydrogen) atoms. The van der Waals surface area contributed by atoms with Crippen molar-refractivity contribution < 1.29 is 9.90 Å². The number of carbonyl (C=O) groups excluding carboxylic acids is 1. The van der Waals surface area contributed by atoms with Crippen LogP contribution in [0, 0.1) is 5.92 Å². The standard InChI is InChI=1S/C15H19Cl2NO2/c1-10-3-2-6-15(20,8-10)9-18-14(19)11-4-5-12(16)13(17)7-11/h4-5,7,10,20H,2-3,6,8-9H2,1H3,(H,18,19). The molecular weight excluding hydrogens is 297 g/mol. The second-order valence-corrected chi connectivity index (χ2v) is 6.55. The highest BCUT2D eigenvalue weighted by Gasteiger charge is 2.32. The topological polar surface area (TPSA) is 49.3 Å². The number of benzene rings is 1. The maximum Gasteiger partial charge on any atom is 0.251 e. The molecule has 0 bridgehead atoms. The molecular formula is C15H19Cl2NO2. The summed E-state index contributed by atoms with van der Waals surface area (Å²) in [4.78, 5) is 12.1. The van der Waals surface area contributed by atoms with Gasteiger partial charge in [0.05, 0.1) is 15.6 Å². The maximum absolute atomic E-state index is 12.1. The van der Waals surface area contributed by atoms with E-state index in [-0.39, 0.29) is 12.5 Å². The Morgan fingerprint density at radius 2 is 2.20 bits per heavy atom. The molecule has 2 atom stereocenters. The zero-order valence-corrected chi connectivity index (χ0v) is 13.0. The zero-order chi connectivity index (χ0) is 14.8. The number of carbonyl (C=O) groups is 1. The van der Waals surface area contributed by atoms with Gasteiger partial charge in [-0.1, -0.05) is 43.0 Å². The number of aliphatic hydroxyl groups is 1. The molecule has 0 saturated heterocycles. The second-order valence-electron chi connectivity index (χ2n) is 5.74. The van der Waals surface area contributed by atoms with E-state index in [0.29, 0.717) is 21.5 Å². The smallest absolute Gasteiger partial charge is 0.251 e. The minimum Gasteiger partial charge on any atom is -0.388 e. The zero-order valence-electron chi connectivity index (χ0n) is 11.5. The van der Waals surface area contributed by atoms with Crippen molar-refractivity contribution in [3.8, 4) is 0 Å². The van der Waals surface area contributed by atoms with E-state index < -0.39 is 5.60 Å². The molecule has 0 spiro atoms. The van der Waals surface area contributed by atoms with E-state index in [2.05, 4.69) is 12.2 Å². The summed E-state index contributed by atoms with van der Waals surface area (Å²) in [7, 11) is 0. The van der Waals surface area contributed by atoms with Crippen molar-refractivity contribution in [3.05, 3.63) is 33.8 Å². The van der Waals surface area contributed by atoms with Gasteiger partial charge in [-0.05, 0) is 37.0 Å². The molecule has 1 aromatic carbocycles. The first-order chi connectivity index (χ1) is 9.39. The van der Waals surface area contributed by atoms with E-state index in [9.17, 15) is 9.90 Å². The van der Waals surface area contributed by atoms with Gasteiger partial charge in [-0.3, -0.25) is 4.79 Å². The highest BCUT2D eigenvalue weighted by molar-refractivity contribution is 6.42. The largest absolute Gasteiger partial charge is 0.388 e. The second kappa shape index (κ2) is 6.33. The third kappa shape index (κ3) is 3.87. The van der Waals surface area contributed by atoms with Crippen molar-refractivity contribution in [2.75, 3.05) is 6.54 Å². The molecule has 2 rings (SSSR count). The molecule has 1 aromatic rings. The van der Waals surface area contributed by atoms with Gasteiger partial charge in [0.15, 0.2) is 0 Å². The van der Waals surface area contributed by atoms with Gasteiger partial charge in [0.2, 0.25) is 0 Å². The highest BCUT2D eigenvalue weighted by Crippen LogP contribution is 2.31. The van der Waals surface area contributed by atoms with Crippen molar-refractivity contribution in [3.63, 3.8) is 0 Å². The van der Waals surface area contributed by atoms with Crippen molar-refractivity contribution in [2.24, 2.45) is 5.92 Å². The number of nitrogens with one attached hydrogen (secondary N) is 1. The van der Waals surface area contributed by atoms with E-state index in [1.807, 2.05) is 0 Å². The van der Waals surface area contributed by atoms with Gasteiger partial charge in [0.25, 0.3) is 5.91 Å². The lowest BCUT2D eigenvalue weighted by molar-refractivity contribution is -0.0109. The third-order valence-electron chi connectivity index (χ3n) is 3.83. The minimum absolute atomic E-state index is 0.241. The van der Waals surface area contributed by atoms with E-state index in [4.69, 9.17) is 23.2 Å². The van der Waals surface area contributed by atoms with Crippen LogP contribution in [0.2, 0.25) is 10.0 Å². The van der Waals surface area contributed by atoms with Crippen LogP contribution in [0.3, 0.4) is 0 Å². The van der Waals surface area contributed by atoms with Crippen LogP contribution in [0.1, 0.15) is 43.0 Å². The molecule has 1 aliphatic carbocycles. The Bertz CT molecular complexity index is 507. The third-order valence-corrected chi connectivity index (χ3v) is 4.57. The van der Waals surface area contributed by atoms with Crippen LogP contribution in [-0.4, -0.2) is 23.2 Å². The van der Waals surface area contributed by atoms with Crippen molar-refractivity contribution in [1.29, 1.82) is 0 Å². The molecule has 1 amide bonds. The summed E-state index contributed by atoms with van der Waals surface area (Å²) in [5.41, 5.74) is -0.337. The normalized spacial score (nSPS) is 26.3. The molecule has 0 radical (unpaired) electrons. The Hall–Kier alpha value is -0.770. The quantitative estimate of drug-likeness (QED) is 0.894. The lowest BCUT2D eigenvalue weighted by atomic mass is 9.79. The molecule has 5 heteroatoms. The monoisotopic (exact) mass is 315 g/mol. The predicted molar refractivity (Wildman–Crippen MR) is 81.4 cm³/mol. The fourth-order valence-electron chi connectivity index (χ4n) is 2.78. The lowest BCUT2D eigenvalue weighted by Gasteiger charge is -2.35. The summed E-state index contributed by atoms with van der Waals surface area (Å²) in [6, 6.07) is 4.75. The van der Waals surface area contributed by atoms with Crippen LogP contribution in [0.5, 0.6) is 0 Å². The fourth-order valence-corrected chi connectivity index (χ4v) is 3.08. The van der Waals surface area contributed by atoms with E-state index in [0.717, 1.165) is 25.7 Å². The molecule has 1 fully saturated rings. The van der Waals surface area contributed by atoms with Crippen LogP contribution in [0.25, 0.3) is 0 Å². The number of hydrogen-bond donors (Lipinski definition) is 2. The molecule has 1 saturated carbocycles. The van der Waals surface area contributed by atoms with E-state index >= 15 is 0 Å². The fraction of sp³-hybridized carbons (Fsp3) is 0.533. The molecule has 3 nitrogen and oxygen atoms in total. The summed E-state index contributed by atoms with van der Waals surface area (Å²) in [5.74, 6) is 0.255. The lowest BCUT2D eigenvalue weighted by Crippen LogP contribution is -2.45. The number of halogens is 2. The number of hydrogen-bond acceptors (Lipinski definition) is 2.